The first kappa shape index (κ1) is 19.3. The molecule has 3 heterocycles. The van der Waals surface area contributed by atoms with Gasteiger partial charge in [0.05, 0.1) is 12.2 Å². The first-order chi connectivity index (χ1) is 14.5. The highest BCUT2D eigenvalue weighted by Gasteiger charge is 2.13. The lowest BCUT2D eigenvalue weighted by atomic mass is 10.1. The Balaban J connectivity index is 1.38. The number of nitrogens with one attached hydrogen (secondary N) is 1. The maximum absolute atomic E-state index is 12.4. The summed E-state index contributed by atoms with van der Waals surface area (Å²) in [5.74, 6) is 0.262. The molecule has 0 spiro atoms. The van der Waals surface area contributed by atoms with Crippen molar-refractivity contribution in [2.24, 2.45) is 0 Å². The molecule has 0 atom stereocenters. The van der Waals surface area contributed by atoms with Crippen LogP contribution in [-0.2, 0) is 13.1 Å². The number of rotatable bonds is 6. The van der Waals surface area contributed by atoms with Crippen LogP contribution >= 0.6 is 0 Å². The Hall–Kier alpha value is -4.01. The highest BCUT2D eigenvalue weighted by Crippen LogP contribution is 2.14. The van der Waals surface area contributed by atoms with Crippen LogP contribution in [0.1, 0.15) is 33.0 Å². The molecule has 30 heavy (non-hydrogen) atoms. The molecule has 0 saturated carbocycles. The number of aryl methyl sites for hydroxylation is 2. The topological polar surface area (TPSA) is 117 Å². The van der Waals surface area contributed by atoms with E-state index in [1.807, 2.05) is 50.4 Å². The number of amides is 1. The lowest BCUT2D eigenvalue weighted by molar-refractivity contribution is 0.0940. The van der Waals surface area contributed by atoms with Crippen molar-refractivity contribution in [2.75, 3.05) is 5.73 Å². The number of nitrogen functional groups attached to an aromatic ring is 1. The molecule has 4 aromatic rings. The lowest BCUT2D eigenvalue weighted by Gasteiger charge is -2.10. The third-order valence-electron chi connectivity index (χ3n) is 4.79. The minimum absolute atomic E-state index is 0.127. The summed E-state index contributed by atoms with van der Waals surface area (Å²) >= 11 is 0. The summed E-state index contributed by atoms with van der Waals surface area (Å²) in [5.41, 5.74) is 10.5. The van der Waals surface area contributed by atoms with E-state index >= 15 is 0 Å². The van der Waals surface area contributed by atoms with Crippen molar-refractivity contribution in [1.82, 2.24) is 34.8 Å². The fraction of sp³-hybridized carbons (Fsp3) is 0.190. The highest BCUT2D eigenvalue weighted by atomic mass is 16.2. The maximum atomic E-state index is 12.4. The first-order valence-electron chi connectivity index (χ1n) is 9.49. The van der Waals surface area contributed by atoms with Crippen LogP contribution in [0.2, 0.25) is 0 Å². The van der Waals surface area contributed by atoms with Gasteiger partial charge >= 0.3 is 0 Å². The quantitative estimate of drug-likeness (QED) is 0.510. The molecule has 4 rings (SSSR count). The summed E-state index contributed by atoms with van der Waals surface area (Å²) < 4.78 is 3.43. The number of carbonyl (C=O) groups is 1. The molecule has 3 aromatic heterocycles. The van der Waals surface area contributed by atoms with Crippen molar-refractivity contribution in [1.29, 1.82) is 0 Å². The largest absolute Gasteiger partial charge is 0.384 e. The van der Waals surface area contributed by atoms with E-state index in [-0.39, 0.29) is 11.7 Å². The van der Waals surface area contributed by atoms with Crippen LogP contribution in [0.5, 0.6) is 0 Å². The number of anilines is 1. The Labute approximate surface area is 173 Å². The predicted octanol–water partition coefficient (Wildman–Crippen LogP) is 2.04. The van der Waals surface area contributed by atoms with E-state index in [4.69, 9.17) is 5.73 Å². The molecule has 0 aliphatic rings. The van der Waals surface area contributed by atoms with E-state index in [2.05, 4.69) is 25.5 Å². The number of hydrogen-bond acceptors (Lipinski definition) is 6. The van der Waals surface area contributed by atoms with Crippen molar-refractivity contribution < 1.29 is 4.79 Å². The second kappa shape index (κ2) is 8.16. The highest BCUT2D eigenvalue weighted by molar-refractivity contribution is 5.90. The van der Waals surface area contributed by atoms with Gasteiger partial charge in [-0.15, -0.1) is 5.10 Å². The fourth-order valence-electron chi connectivity index (χ4n) is 3.24. The zero-order chi connectivity index (χ0) is 21.1. The summed E-state index contributed by atoms with van der Waals surface area (Å²) in [6.45, 7) is 4.67. The zero-order valence-electron chi connectivity index (χ0n) is 16.8. The van der Waals surface area contributed by atoms with Gasteiger partial charge in [0.2, 0.25) is 5.82 Å². The number of benzene rings is 1. The van der Waals surface area contributed by atoms with E-state index in [1.54, 1.807) is 28.0 Å². The standard InChI is InChI=1S/C21H22N8O/c1-14-10-19(22)26-15(2)18(14)11-23-21(30)20-24-13-28(27-20)12-16-4-6-17(7-5-16)29-9-3-8-25-29/h3-10,13H,11-12H2,1-2H3,(H2,22,26)(H,23,30). The molecule has 1 amide bonds. The molecule has 0 bridgehead atoms. The number of hydrogen-bond donors (Lipinski definition) is 2. The van der Waals surface area contributed by atoms with Crippen molar-refractivity contribution >= 4 is 11.7 Å². The molecule has 0 aliphatic heterocycles. The molecule has 0 fully saturated rings. The molecule has 1 aromatic carbocycles. The Kier molecular flexibility index (Phi) is 5.25. The van der Waals surface area contributed by atoms with Gasteiger partial charge in [-0.25, -0.2) is 19.3 Å². The molecule has 0 unspecified atom stereocenters. The SMILES string of the molecule is Cc1cc(N)nc(C)c1CNC(=O)c1ncn(Cc2ccc(-n3cccn3)cc2)n1. The maximum Gasteiger partial charge on any atom is 0.291 e. The average Bonchev–Trinajstić information content (AvgIpc) is 3.40. The van der Waals surface area contributed by atoms with Crippen molar-refractivity contribution in [2.45, 2.75) is 26.9 Å². The van der Waals surface area contributed by atoms with E-state index in [0.717, 1.165) is 28.1 Å². The van der Waals surface area contributed by atoms with E-state index in [9.17, 15) is 4.79 Å². The summed E-state index contributed by atoms with van der Waals surface area (Å²) in [5, 5.41) is 11.4. The van der Waals surface area contributed by atoms with Gasteiger partial charge in [0.25, 0.3) is 5.91 Å². The van der Waals surface area contributed by atoms with Crippen molar-refractivity contribution in [3.8, 4) is 5.69 Å². The van der Waals surface area contributed by atoms with Crippen LogP contribution in [-0.4, -0.2) is 35.4 Å². The van der Waals surface area contributed by atoms with Crippen LogP contribution in [0, 0.1) is 13.8 Å². The minimum atomic E-state index is -0.335. The van der Waals surface area contributed by atoms with Crippen LogP contribution in [0.4, 0.5) is 5.82 Å². The third-order valence-corrected chi connectivity index (χ3v) is 4.79. The van der Waals surface area contributed by atoms with Crippen LogP contribution in [0.25, 0.3) is 5.69 Å². The van der Waals surface area contributed by atoms with Gasteiger partial charge < -0.3 is 11.1 Å². The monoisotopic (exact) mass is 402 g/mol. The molecule has 152 valence electrons. The number of pyridine rings is 1. The molecular formula is C21H22N8O. The predicted molar refractivity (Wildman–Crippen MR) is 112 cm³/mol. The first-order valence-corrected chi connectivity index (χ1v) is 9.49. The van der Waals surface area contributed by atoms with Crippen LogP contribution < -0.4 is 11.1 Å². The average molecular weight is 402 g/mol. The second-order valence-electron chi connectivity index (χ2n) is 6.99. The Morgan fingerprint density at radius 3 is 2.70 bits per heavy atom. The fourth-order valence-corrected chi connectivity index (χ4v) is 3.24. The van der Waals surface area contributed by atoms with Gasteiger partial charge in [-0.05, 0) is 54.8 Å². The third kappa shape index (κ3) is 4.19. The molecule has 0 radical (unpaired) electrons. The Morgan fingerprint density at radius 2 is 2.00 bits per heavy atom. The van der Waals surface area contributed by atoms with Gasteiger partial charge in [0.15, 0.2) is 0 Å². The molecule has 0 aliphatic carbocycles. The van der Waals surface area contributed by atoms with E-state index < -0.39 is 0 Å². The van der Waals surface area contributed by atoms with Gasteiger partial charge in [-0.3, -0.25) is 4.79 Å². The van der Waals surface area contributed by atoms with Crippen molar-refractivity contribution in [3.63, 3.8) is 0 Å². The summed E-state index contributed by atoms with van der Waals surface area (Å²) in [7, 11) is 0. The van der Waals surface area contributed by atoms with Crippen LogP contribution in [0.15, 0.2) is 55.1 Å². The van der Waals surface area contributed by atoms with Gasteiger partial charge in [-0.2, -0.15) is 5.10 Å². The number of carbonyl (C=O) groups excluding carboxylic acids is 1. The zero-order valence-corrected chi connectivity index (χ0v) is 16.8. The number of nitrogens with two attached hydrogens (primary N) is 1. The summed E-state index contributed by atoms with van der Waals surface area (Å²) in [6.07, 6.45) is 5.18. The number of aromatic nitrogens is 6. The lowest BCUT2D eigenvalue weighted by Crippen LogP contribution is -2.25. The second-order valence-corrected chi connectivity index (χ2v) is 6.99. The molecule has 9 nitrogen and oxygen atoms in total. The number of nitrogens with zero attached hydrogens (tertiary/aromatic N) is 6. The summed E-state index contributed by atoms with van der Waals surface area (Å²) in [6, 6.07) is 11.6. The molecule has 0 saturated heterocycles. The van der Waals surface area contributed by atoms with Gasteiger partial charge in [0, 0.05) is 24.6 Å². The Bertz CT molecular complexity index is 1140. The normalized spacial score (nSPS) is 10.9. The van der Waals surface area contributed by atoms with E-state index in [1.165, 1.54) is 0 Å². The molecule has 3 N–H and O–H groups in total. The van der Waals surface area contributed by atoms with E-state index in [0.29, 0.717) is 18.9 Å². The van der Waals surface area contributed by atoms with Gasteiger partial charge in [-0.1, -0.05) is 12.1 Å². The molecular weight excluding hydrogens is 380 g/mol. The van der Waals surface area contributed by atoms with Crippen LogP contribution in [0.3, 0.4) is 0 Å². The smallest absolute Gasteiger partial charge is 0.291 e. The van der Waals surface area contributed by atoms with Gasteiger partial charge in [0.1, 0.15) is 12.1 Å². The molecule has 9 heteroatoms. The van der Waals surface area contributed by atoms with Crippen molar-refractivity contribution in [3.05, 3.63) is 83.3 Å². The Morgan fingerprint density at radius 1 is 1.20 bits per heavy atom. The minimum Gasteiger partial charge on any atom is -0.384 e. The summed E-state index contributed by atoms with van der Waals surface area (Å²) in [4.78, 5) is 20.8.